The molecular formula is C18H21F4N5O3S. The highest BCUT2D eigenvalue weighted by molar-refractivity contribution is 7.79. The van der Waals surface area contributed by atoms with E-state index in [1.165, 1.54) is 26.4 Å². The number of thiocarbonyl (C=S) groups is 1. The van der Waals surface area contributed by atoms with Gasteiger partial charge >= 0.3 is 6.18 Å². The van der Waals surface area contributed by atoms with Crippen LogP contribution in [0.1, 0.15) is 22.3 Å². The molecule has 2 amide bonds. The van der Waals surface area contributed by atoms with Gasteiger partial charge < -0.3 is 15.1 Å². The van der Waals surface area contributed by atoms with Crippen LogP contribution in [0.25, 0.3) is 0 Å². The highest BCUT2D eigenvalue weighted by atomic mass is 32.1. The molecule has 4 atom stereocenters. The zero-order chi connectivity index (χ0) is 23.2. The fourth-order valence-electron chi connectivity index (χ4n) is 3.16. The Morgan fingerprint density at radius 2 is 2.10 bits per heavy atom. The summed E-state index contributed by atoms with van der Waals surface area (Å²) in [5.41, 5.74) is 2.51. The summed E-state index contributed by atoms with van der Waals surface area (Å²) < 4.78 is 58.5. The number of hydrogen-bond donors (Lipinski definition) is 3. The first-order chi connectivity index (χ1) is 14.6. The lowest BCUT2D eigenvalue weighted by molar-refractivity contribution is -0.182. The monoisotopic (exact) mass is 463 g/mol. The van der Waals surface area contributed by atoms with Crippen LogP contribution in [-0.2, 0) is 11.2 Å². The van der Waals surface area contributed by atoms with Gasteiger partial charge in [-0.25, -0.2) is 9.82 Å². The van der Waals surface area contributed by atoms with E-state index in [2.05, 4.69) is 26.4 Å². The van der Waals surface area contributed by atoms with Gasteiger partial charge in [-0.3, -0.25) is 9.59 Å². The van der Waals surface area contributed by atoms with E-state index in [9.17, 15) is 27.2 Å². The second kappa shape index (κ2) is 10.5. The molecule has 1 aromatic rings. The lowest BCUT2D eigenvalue weighted by atomic mass is 9.80. The molecule has 2 rings (SSSR count). The van der Waals surface area contributed by atoms with Crippen molar-refractivity contribution >= 4 is 35.3 Å². The normalized spacial score (nSPS) is 22.2. The molecule has 13 heteroatoms. The lowest BCUT2D eigenvalue weighted by Crippen LogP contribution is -2.41. The van der Waals surface area contributed by atoms with E-state index in [-0.39, 0.29) is 29.9 Å². The predicted octanol–water partition coefficient (Wildman–Crippen LogP) is 3.17. The van der Waals surface area contributed by atoms with E-state index in [4.69, 9.17) is 16.6 Å². The van der Waals surface area contributed by atoms with E-state index >= 15 is 0 Å². The summed E-state index contributed by atoms with van der Waals surface area (Å²) in [7, 11) is 2.96. The molecule has 1 heterocycles. The highest BCUT2D eigenvalue weighted by Gasteiger charge is 2.49. The number of nitrogens with zero attached hydrogens (tertiary/aromatic N) is 2. The number of furan rings is 1. The average molecular weight is 463 g/mol. The minimum Gasteiger partial charge on any atom is -0.448 e. The minimum absolute atomic E-state index is 0.00414. The third kappa shape index (κ3) is 5.87. The van der Waals surface area contributed by atoms with Crippen molar-refractivity contribution in [3.05, 3.63) is 29.5 Å². The first kappa shape index (κ1) is 24.4. The molecule has 170 valence electrons. The number of halogens is 4. The number of amides is 2. The minimum atomic E-state index is -4.73. The number of allylic oxidation sites excluding steroid dienone is 2. The van der Waals surface area contributed by atoms with Gasteiger partial charge in [0.1, 0.15) is 23.7 Å². The maximum atomic E-state index is 14.4. The van der Waals surface area contributed by atoms with Gasteiger partial charge in [-0.15, -0.1) is 0 Å². The van der Waals surface area contributed by atoms with Crippen molar-refractivity contribution in [1.82, 2.24) is 10.7 Å². The van der Waals surface area contributed by atoms with Crippen molar-refractivity contribution in [2.45, 2.75) is 31.2 Å². The zero-order valence-electron chi connectivity index (χ0n) is 16.6. The summed E-state index contributed by atoms with van der Waals surface area (Å²) in [5, 5.41) is 13.3. The summed E-state index contributed by atoms with van der Waals surface area (Å²) in [4.78, 5) is 24.1. The second-order valence-corrected chi connectivity index (χ2v) is 6.96. The molecule has 4 unspecified atom stereocenters. The van der Waals surface area contributed by atoms with E-state index in [0.29, 0.717) is 0 Å². The predicted molar refractivity (Wildman–Crippen MR) is 107 cm³/mol. The standard InChI is InChI=1S/C18H21F4N5O3S/c1-23-16(29)14-9(7-30-17(14)24-2)6-13(28)26-27-25-12(8-31)10-4-3-5-11(15(10)19)18(20,21)22/h3,5,7-8,10-12,15,24H,4,6H2,1-2H3,(H,23,29)(H,25,26,28). The van der Waals surface area contributed by atoms with Crippen molar-refractivity contribution in [2.75, 3.05) is 19.4 Å². The Bertz CT molecular complexity index is 871. The largest absolute Gasteiger partial charge is 0.448 e. The summed E-state index contributed by atoms with van der Waals surface area (Å²) in [6.45, 7) is 0. The van der Waals surface area contributed by atoms with Crippen LogP contribution in [0.4, 0.5) is 23.4 Å². The molecule has 0 saturated carbocycles. The fourth-order valence-corrected chi connectivity index (χ4v) is 3.42. The molecule has 1 aliphatic rings. The van der Waals surface area contributed by atoms with Crippen molar-refractivity contribution in [1.29, 1.82) is 0 Å². The number of carbonyl (C=O) groups excluding carboxylic acids is 2. The Hall–Kier alpha value is -2.83. The molecule has 0 aliphatic heterocycles. The first-order valence-electron chi connectivity index (χ1n) is 9.15. The van der Waals surface area contributed by atoms with Gasteiger partial charge in [0.2, 0.25) is 11.8 Å². The molecule has 0 fully saturated rings. The lowest BCUT2D eigenvalue weighted by Gasteiger charge is -2.32. The Labute approximate surface area is 180 Å². The van der Waals surface area contributed by atoms with Gasteiger partial charge in [-0.1, -0.05) is 29.6 Å². The molecule has 0 spiro atoms. The topological polar surface area (TPSA) is 108 Å². The average Bonchev–Trinajstić information content (AvgIpc) is 3.12. The van der Waals surface area contributed by atoms with Crippen molar-refractivity contribution in [3.8, 4) is 0 Å². The van der Waals surface area contributed by atoms with E-state index in [0.717, 1.165) is 11.4 Å². The number of alkyl halides is 4. The molecule has 0 radical (unpaired) electrons. The molecule has 0 aromatic carbocycles. The van der Waals surface area contributed by atoms with Crippen LogP contribution >= 0.6 is 12.2 Å². The van der Waals surface area contributed by atoms with Crippen molar-refractivity contribution in [2.24, 2.45) is 22.2 Å². The third-order valence-electron chi connectivity index (χ3n) is 4.72. The molecule has 1 aromatic heterocycles. The maximum Gasteiger partial charge on any atom is 0.397 e. The van der Waals surface area contributed by atoms with Crippen LogP contribution in [0.15, 0.2) is 33.2 Å². The quantitative estimate of drug-likeness (QED) is 0.180. The molecule has 3 N–H and O–H groups in total. The van der Waals surface area contributed by atoms with Crippen LogP contribution in [-0.4, -0.2) is 49.7 Å². The summed E-state index contributed by atoms with van der Waals surface area (Å²) in [6.07, 6.45) is -4.02. The molecule has 31 heavy (non-hydrogen) atoms. The summed E-state index contributed by atoms with van der Waals surface area (Å²) in [5.74, 6) is -4.39. The van der Waals surface area contributed by atoms with E-state index in [1.54, 1.807) is 0 Å². The van der Waals surface area contributed by atoms with Crippen LogP contribution in [0, 0.1) is 11.8 Å². The number of nitrogens with one attached hydrogen (secondary N) is 3. The summed E-state index contributed by atoms with van der Waals surface area (Å²) in [6, 6.07) is -1.15. The first-order valence-corrected chi connectivity index (χ1v) is 9.62. The van der Waals surface area contributed by atoms with Crippen molar-refractivity contribution < 1.29 is 31.6 Å². The van der Waals surface area contributed by atoms with Crippen molar-refractivity contribution in [3.63, 3.8) is 0 Å². The van der Waals surface area contributed by atoms with E-state index in [1.807, 2.05) is 0 Å². The Morgan fingerprint density at radius 1 is 1.39 bits per heavy atom. The Morgan fingerprint density at radius 3 is 2.68 bits per heavy atom. The Kier molecular flexibility index (Phi) is 8.25. The van der Waals surface area contributed by atoms with Crippen LogP contribution in [0.3, 0.4) is 0 Å². The van der Waals surface area contributed by atoms with Gasteiger partial charge in [-0.2, -0.15) is 18.3 Å². The van der Waals surface area contributed by atoms with Crippen LogP contribution in [0.5, 0.6) is 0 Å². The third-order valence-corrected chi connectivity index (χ3v) is 5.00. The van der Waals surface area contributed by atoms with Gasteiger partial charge in [0.05, 0.1) is 12.7 Å². The molecule has 0 saturated heterocycles. The molecule has 0 bridgehead atoms. The van der Waals surface area contributed by atoms with Gasteiger partial charge in [0, 0.05) is 30.9 Å². The number of rotatable bonds is 8. The number of carbonyl (C=O) groups is 2. The zero-order valence-corrected chi connectivity index (χ0v) is 17.4. The highest BCUT2D eigenvalue weighted by Crippen LogP contribution is 2.40. The number of anilines is 1. The smallest absolute Gasteiger partial charge is 0.397 e. The van der Waals surface area contributed by atoms with Crippen LogP contribution in [0.2, 0.25) is 0 Å². The van der Waals surface area contributed by atoms with Gasteiger partial charge in [0.25, 0.3) is 5.91 Å². The Balaban J connectivity index is 2.04. The van der Waals surface area contributed by atoms with Crippen LogP contribution < -0.4 is 16.1 Å². The second-order valence-electron chi connectivity index (χ2n) is 6.69. The maximum absolute atomic E-state index is 14.4. The fraction of sp³-hybridized carbons (Fsp3) is 0.500. The number of hydrogen-bond acceptors (Lipinski definition) is 7. The molecular weight excluding hydrogens is 442 g/mol. The SMILES string of the molecule is CNC(=O)c1c(CC(=O)NN=NC(C=S)C2CC=CC(C(F)(F)F)C2F)coc1NC. The van der Waals surface area contributed by atoms with Gasteiger partial charge in [0.15, 0.2) is 0 Å². The van der Waals surface area contributed by atoms with E-state index < -0.39 is 42.0 Å². The molecule has 8 nitrogen and oxygen atoms in total. The van der Waals surface area contributed by atoms with Gasteiger partial charge in [-0.05, 0) is 6.42 Å². The molecule has 1 aliphatic carbocycles. The summed E-state index contributed by atoms with van der Waals surface area (Å²) >= 11 is 4.77.